The number of aromatic amines is 1. The van der Waals surface area contributed by atoms with E-state index in [9.17, 15) is 4.79 Å². The maximum Gasteiger partial charge on any atom is 0.417 e. The summed E-state index contributed by atoms with van der Waals surface area (Å²) in [4.78, 5) is 15.1. The summed E-state index contributed by atoms with van der Waals surface area (Å²) in [5, 5.41) is 4.26. The molecule has 0 saturated heterocycles. The second kappa shape index (κ2) is 8.06. The molecule has 0 aliphatic rings. The molecule has 24 heavy (non-hydrogen) atoms. The minimum absolute atomic E-state index is 0. The lowest BCUT2D eigenvalue weighted by atomic mass is 10.1. The fourth-order valence-corrected chi connectivity index (χ4v) is 2.49. The minimum Gasteiger partial charge on any atom is -0.410 e. The largest absolute Gasteiger partial charge is 0.417 e. The predicted molar refractivity (Wildman–Crippen MR) is 99.4 cm³/mol. The molecule has 7 heteroatoms. The van der Waals surface area contributed by atoms with Crippen molar-refractivity contribution in [1.29, 1.82) is 0 Å². The van der Waals surface area contributed by atoms with Crippen molar-refractivity contribution in [2.75, 3.05) is 11.9 Å². The molecule has 0 fully saturated rings. The highest BCUT2D eigenvalue weighted by molar-refractivity contribution is 6.30. The lowest BCUT2D eigenvalue weighted by Gasteiger charge is -2.07. The SMILES string of the molecule is Cl.NCCc1c[nH]c2ccc(OC(=O)Nc3ccc(Cl)cc3)cc12. The first kappa shape index (κ1) is 18.1. The number of hydrogen-bond acceptors (Lipinski definition) is 3. The molecule has 126 valence electrons. The Morgan fingerprint density at radius 1 is 1.21 bits per heavy atom. The Bertz CT molecular complexity index is 831. The highest BCUT2D eigenvalue weighted by atomic mass is 35.5. The van der Waals surface area contributed by atoms with E-state index in [4.69, 9.17) is 22.1 Å². The Balaban J connectivity index is 0.00000208. The third-order valence-electron chi connectivity index (χ3n) is 3.45. The zero-order chi connectivity index (χ0) is 16.2. The van der Waals surface area contributed by atoms with Gasteiger partial charge in [0.25, 0.3) is 0 Å². The highest BCUT2D eigenvalue weighted by Crippen LogP contribution is 2.24. The van der Waals surface area contributed by atoms with Gasteiger partial charge in [0, 0.05) is 27.8 Å². The standard InChI is InChI=1S/C17H16ClN3O2.ClH/c18-12-1-3-13(4-2-12)21-17(22)23-14-5-6-16-15(9-14)11(7-8-19)10-20-16;/h1-6,9-10,20H,7-8,19H2,(H,21,22);1H. The Labute approximate surface area is 150 Å². The van der Waals surface area contributed by atoms with E-state index in [1.807, 2.05) is 18.3 Å². The number of rotatable bonds is 4. The normalized spacial score (nSPS) is 10.2. The number of nitrogens with one attached hydrogen (secondary N) is 2. The van der Waals surface area contributed by atoms with Crippen molar-refractivity contribution in [3.05, 3.63) is 59.2 Å². The van der Waals surface area contributed by atoms with E-state index in [0.717, 1.165) is 22.9 Å². The van der Waals surface area contributed by atoms with Gasteiger partial charge in [-0.3, -0.25) is 5.32 Å². The molecular weight excluding hydrogens is 349 g/mol. The predicted octanol–water partition coefficient (Wildman–Crippen LogP) is 4.36. The summed E-state index contributed by atoms with van der Waals surface area (Å²) in [5.41, 5.74) is 8.31. The summed E-state index contributed by atoms with van der Waals surface area (Å²) < 4.78 is 5.33. The third kappa shape index (κ3) is 4.20. The van der Waals surface area contributed by atoms with Crippen molar-refractivity contribution in [3.63, 3.8) is 0 Å². The molecule has 5 nitrogen and oxygen atoms in total. The van der Waals surface area contributed by atoms with E-state index in [2.05, 4.69) is 10.3 Å². The number of ether oxygens (including phenoxy) is 1. The molecule has 1 amide bonds. The Hall–Kier alpha value is -2.21. The Kier molecular flexibility index (Phi) is 6.09. The number of carbonyl (C=O) groups excluding carboxylic acids is 1. The molecule has 2 aromatic carbocycles. The molecule has 0 aliphatic carbocycles. The molecule has 3 rings (SSSR count). The van der Waals surface area contributed by atoms with E-state index in [1.54, 1.807) is 30.3 Å². The first-order valence-corrected chi connectivity index (χ1v) is 7.58. The average molecular weight is 366 g/mol. The van der Waals surface area contributed by atoms with Crippen LogP contribution in [0.15, 0.2) is 48.7 Å². The lowest BCUT2D eigenvalue weighted by Crippen LogP contribution is -2.16. The van der Waals surface area contributed by atoms with E-state index in [0.29, 0.717) is 23.0 Å². The van der Waals surface area contributed by atoms with Crippen LogP contribution in [0.3, 0.4) is 0 Å². The van der Waals surface area contributed by atoms with Crippen LogP contribution >= 0.6 is 24.0 Å². The monoisotopic (exact) mass is 365 g/mol. The summed E-state index contributed by atoms with van der Waals surface area (Å²) in [6.07, 6.45) is 2.14. The van der Waals surface area contributed by atoms with Gasteiger partial charge in [-0.2, -0.15) is 0 Å². The molecule has 0 spiro atoms. The second-order valence-electron chi connectivity index (χ2n) is 5.08. The number of H-pyrrole nitrogens is 1. The molecule has 0 aliphatic heterocycles. The molecule has 1 aromatic heterocycles. The fourth-order valence-electron chi connectivity index (χ4n) is 2.37. The lowest BCUT2D eigenvalue weighted by molar-refractivity contribution is 0.215. The number of hydrogen-bond donors (Lipinski definition) is 3. The second-order valence-corrected chi connectivity index (χ2v) is 5.52. The summed E-state index contributed by atoms with van der Waals surface area (Å²) in [5.74, 6) is 0.474. The van der Waals surface area contributed by atoms with Crippen LogP contribution in [0.4, 0.5) is 10.5 Å². The van der Waals surface area contributed by atoms with Gasteiger partial charge in [-0.05, 0) is 61.0 Å². The smallest absolute Gasteiger partial charge is 0.410 e. The van der Waals surface area contributed by atoms with Crippen molar-refractivity contribution in [2.45, 2.75) is 6.42 Å². The molecule has 0 radical (unpaired) electrons. The number of halogens is 2. The fraction of sp³-hybridized carbons (Fsp3) is 0.118. The molecule has 0 unspecified atom stereocenters. The summed E-state index contributed by atoms with van der Waals surface area (Å²) in [6, 6.07) is 12.3. The minimum atomic E-state index is -0.553. The number of anilines is 1. The zero-order valence-electron chi connectivity index (χ0n) is 12.7. The van der Waals surface area contributed by atoms with Gasteiger partial charge in [0.1, 0.15) is 5.75 Å². The molecule has 1 heterocycles. The topological polar surface area (TPSA) is 80.1 Å². The van der Waals surface area contributed by atoms with Crippen LogP contribution in [-0.2, 0) is 6.42 Å². The Morgan fingerprint density at radius 2 is 1.96 bits per heavy atom. The van der Waals surface area contributed by atoms with Crippen LogP contribution in [0.2, 0.25) is 5.02 Å². The van der Waals surface area contributed by atoms with Crippen LogP contribution in [0, 0.1) is 0 Å². The number of amides is 1. The van der Waals surface area contributed by atoms with Crippen molar-refractivity contribution in [1.82, 2.24) is 4.98 Å². The van der Waals surface area contributed by atoms with Crippen LogP contribution in [0.5, 0.6) is 5.75 Å². The van der Waals surface area contributed by atoms with Crippen LogP contribution < -0.4 is 15.8 Å². The quantitative estimate of drug-likeness (QED) is 0.642. The number of carbonyl (C=O) groups is 1. The molecular formula is C17H17Cl2N3O2. The maximum absolute atomic E-state index is 12.0. The van der Waals surface area contributed by atoms with Crippen molar-refractivity contribution >= 4 is 46.7 Å². The van der Waals surface area contributed by atoms with Gasteiger partial charge in [-0.1, -0.05) is 11.6 Å². The molecule has 3 aromatic rings. The summed E-state index contributed by atoms with van der Waals surface area (Å²) in [7, 11) is 0. The number of aromatic nitrogens is 1. The van der Waals surface area contributed by atoms with Gasteiger partial charge >= 0.3 is 6.09 Å². The Morgan fingerprint density at radius 3 is 2.67 bits per heavy atom. The van der Waals surface area contributed by atoms with Crippen molar-refractivity contribution < 1.29 is 9.53 Å². The molecule has 0 bridgehead atoms. The number of benzene rings is 2. The number of nitrogens with two attached hydrogens (primary N) is 1. The molecule has 0 saturated carbocycles. The van der Waals surface area contributed by atoms with Crippen molar-refractivity contribution in [2.24, 2.45) is 5.73 Å². The zero-order valence-corrected chi connectivity index (χ0v) is 14.3. The van der Waals surface area contributed by atoms with Gasteiger partial charge in [-0.25, -0.2) is 4.79 Å². The molecule has 4 N–H and O–H groups in total. The summed E-state index contributed by atoms with van der Waals surface area (Å²) in [6.45, 7) is 0.565. The van der Waals surface area contributed by atoms with Gasteiger partial charge in [0.15, 0.2) is 0 Å². The maximum atomic E-state index is 12.0. The third-order valence-corrected chi connectivity index (χ3v) is 3.71. The first-order chi connectivity index (χ1) is 11.2. The van der Waals surface area contributed by atoms with Crippen LogP contribution in [0.25, 0.3) is 10.9 Å². The van der Waals surface area contributed by atoms with Gasteiger partial charge < -0.3 is 15.5 Å². The van der Waals surface area contributed by atoms with E-state index in [1.165, 1.54) is 0 Å². The van der Waals surface area contributed by atoms with E-state index >= 15 is 0 Å². The van der Waals surface area contributed by atoms with Gasteiger partial charge in [0.05, 0.1) is 0 Å². The first-order valence-electron chi connectivity index (χ1n) is 7.20. The van der Waals surface area contributed by atoms with E-state index in [-0.39, 0.29) is 12.4 Å². The van der Waals surface area contributed by atoms with Gasteiger partial charge in [0.2, 0.25) is 0 Å². The number of fused-ring (bicyclic) bond motifs is 1. The molecule has 0 atom stereocenters. The van der Waals surface area contributed by atoms with E-state index < -0.39 is 6.09 Å². The average Bonchev–Trinajstić information content (AvgIpc) is 2.93. The summed E-state index contributed by atoms with van der Waals surface area (Å²) >= 11 is 5.81. The van der Waals surface area contributed by atoms with Crippen molar-refractivity contribution in [3.8, 4) is 5.75 Å². The van der Waals surface area contributed by atoms with Crippen LogP contribution in [-0.4, -0.2) is 17.6 Å². The van der Waals surface area contributed by atoms with Gasteiger partial charge in [-0.15, -0.1) is 12.4 Å². The van der Waals surface area contributed by atoms with Crippen LogP contribution in [0.1, 0.15) is 5.56 Å². The highest BCUT2D eigenvalue weighted by Gasteiger charge is 2.08.